The summed E-state index contributed by atoms with van der Waals surface area (Å²) < 4.78 is 18.3. The number of nitrogens with one attached hydrogen (secondary N) is 1. The molecular weight excluding hydrogens is 404 g/mol. The number of methoxy groups -OCH3 is 1. The fourth-order valence-corrected chi connectivity index (χ4v) is 4.24. The highest BCUT2D eigenvalue weighted by atomic mass is 28.3. The molecule has 0 saturated carbocycles. The highest BCUT2D eigenvalue weighted by Crippen LogP contribution is 2.39. The molecule has 1 heterocycles. The summed E-state index contributed by atoms with van der Waals surface area (Å²) in [7, 11) is 0.762. The number of pyridine rings is 1. The molecule has 0 aliphatic carbocycles. The quantitative estimate of drug-likeness (QED) is 0.435. The number of rotatable bonds is 9. The molecule has 1 aromatic heterocycles. The first-order chi connectivity index (χ1) is 14.5. The van der Waals surface area contributed by atoms with Crippen LogP contribution in [0.4, 0.5) is 5.69 Å². The number of hydrogen-bond acceptors (Lipinski definition) is 5. The van der Waals surface area contributed by atoms with Gasteiger partial charge in [0.1, 0.15) is 5.75 Å². The summed E-state index contributed by atoms with van der Waals surface area (Å²) in [5.74, 6) is 1.92. The van der Waals surface area contributed by atoms with Crippen LogP contribution in [-0.2, 0) is 4.43 Å². The van der Waals surface area contributed by atoms with Crippen molar-refractivity contribution < 1.29 is 13.9 Å². The molecule has 0 saturated heterocycles. The van der Waals surface area contributed by atoms with E-state index in [0.717, 1.165) is 34.7 Å². The Balaban J connectivity index is 2.30. The summed E-state index contributed by atoms with van der Waals surface area (Å²) in [6.45, 7) is 19.9. The molecular formula is C25H39N2O3Si. The molecule has 0 spiro atoms. The van der Waals surface area contributed by atoms with Crippen molar-refractivity contribution in [2.45, 2.75) is 79.4 Å². The van der Waals surface area contributed by atoms with Crippen molar-refractivity contribution >= 4 is 14.7 Å². The molecule has 6 heteroatoms. The average molecular weight is 444 g/mol. The van der Waals surface area contributed by atoms with Crippen LogP contribution in [0.15, 0.2) is 18.2 Å². The number of aryl methyl sites for hydroxylation is 4. The van der Waals surface area contributed by atoms with Crippen LogP contribution < -0.4 is 14.8 Å². The van der Waals surface area contributed by atoms with Crippen molar-refractivity contribution in [3.8, 4) is 17.4 Å². The third kappa shape index (κ3) is 6.71. The Morgan fingerprint density at radius 1 is 1.03 bits per heavy atom. The molecule has 2 aromatic rings. The number of nitrogens with zero attached hydrogens (tertiary/aromatic N) is 1. The lowest BCUT2D eigenvalue weighted by Gasteiger charge is -2.28. The maximum Gasteiger partial charge on any atom is 0.265 e. The van der Waals surface area contributed by atoms with Crippen LogP contribution in [0.25, 0.3) is 0 Å². The van der Waals surface area contributed by atoms with Gasteiger partial charge in [0.2, 0.25) is 14.8 Å². The zero-order valence-corrected chi connectivity index (χ0v) is 21.9. The fourth-order valence-electron chi connectivity index (χ4n) is 3.35. The predicted molar refractivity (Wildman–Crippen MR) is 131 cm³/mol. The van der Waals surface area contributed by atoms with Gasteiger partial charge in [-0.1, -0.05) is 45.4 Å². The topological polar surface area (TPSA) is 52.6 Å². The van der Waals surface area contributed by atoms with E-state index in [-0.39, 0.29) is 11.1 Å². The molecule has 0 aliphatic heterocycles. The van der Waals surface area contributed by atoms with E-state index >= 15 is 0 Å². The third-order valence-corrected chi connectivity index (χ3v) is 8.20. The van der Waals surface area contributed by atoms with Crippen LogP contribution in [-0.4, -0.2) is 33.8 Å². The van der Waals surface area contributed by atoms with Crippen LogP contribution >= 0.6 is 0 Å². The molecule has 1 radical (unpaired) electrons. The van der Waals surface area contributed by atoms with E-state index in [4.69, 9.17) is 13.9 Å². The molecule has 171 valence electrons. The second-order valence-corrected chi connectivity index (χ2v) is 12.2. The highest BCUT2D eigenvalue weighted by molar-refractivity contribution is 6.53. The lowest BCUT2D eigenvalue weighted by molar-refractivity contribution is 0.283. The monoisotopic (exact) mass is 443 g/mol. The summed E-state index contributed by atoms with van der Waals surface area (Å²) in [6, 6.07) is 6.42. The summed E-state index contributed by atoms with van der Waals surface area (Å²) in [5.41, 5.74) is 5.12. The minimum Gasteiger partial charge on any atom is -0.490 e. The van der Waals surface area contributed by atoms with E-state index in [2.05, 4.69) is 77.4 Å². The summed E-state index contributed by atoms with van der Waals surface area (Å²) >= 11 is 0. The molecule has 0 bridgehead atoms. The summed E-state index contributed by atoms with van der Waals surface area (Å²) in [5, 5.41) is 3.81. The van der Waals surface area contributed by atoms with Gasteiger partial charge in [-0.3, -0.25) is 0 Å². The van der Waals surface area contributed by atoms with Crippen LogP contribution in [0, 0.1) is 27.7 Å². The summed E-state index contributed by atoms with van der Waals surface area (Å²) in [6.07, 6.45) is 0.941. The van der Waals surface area contributed by atoms with Gasteiger partial charge in [-0.25, -0.2) is 4.98 Å². The minimum absolute atomic E-state index is 0.175. The maximum atomic E-state index is 6.29. The van der Waals surface area contributed by atoms with Gasteiger partial charge in [0, 0.05) is 11.7 Å². The molecule has 31 heavy (non-hydrogen) atoms. The third-order valence-electron chi connectivity index (χ3n) is 5.49. The van der Waals surface area contributed by atoms with Crippen LogP contribution in [0.1, 0.15) is 56.5 Å². The van der Waals surface area contributed by atoms with Crippen LogP contribution in [0.2, 0.25) is 11.6 Å². The van der Waals surface area contributed by atoms with Crippen LogP contribution in [0.3, 0.4) is 0 Å². The van der Waals surface area contributed by atoms with Crippen molar-refractivity contribution in [3.63, 3.8) is 0 Å². The number of aromatic nitrogens is 1. The van der Waals surface area contributed by atoms with Gasteiger partial charge in [0.05, 0.1) is 19.4 Å². The van der Waals surface area contributed by atoms with Crippen LogP contribution in [0.5, 0.6) is 17.4 Å². The Bertz CT molecular complexity index is 870. The normalized spacial score (nSPS) is 12.7. The van der Waals surface area contributed by atoms with E-state index in [9.17, 15) is 0 Å². The van der Waals surface area contributed by atoms with Gasteiger partial charge >= 0.3 is 0 Å². The number of benzene rings is 1. The van der Waals surface area contributed by atoms with Gasteiger partial charge < -0.3 is 19.2 Å². The second-order valence-electron chi connectivity index (χ2n) is 9.35. The zero-order valence-electron chi connectivity index (χ0n) is 20.9. The van der Waals surface area contributed by atoms with E-state index in [1.54, 1.807) is 7.11 Å². The Morgan fingerprint density at radius 2 is 1.65 bits per heavy atom. The Morgan fingerprint density at radius 3 is 2.16 bits per heavy atom. The molecule has 0 fully saturated rings. The predicted octanol–water partition coefficient (Wildman–Crippen LogP) is 6.74. The van der Waals surface area contributed by atoms with E-state index in [0.29, 0.717) is 18.2 Å². The van der Waals surface area contributed by atoms with Gasteiger partial charge in [0.15, 0.2) is 0 Å². The smallest absolute Gasteiger partial charge is 0.265 e. The molecule has 0 aliphatic rings. The Hall–Kier alpha value is -2.05. The molecule has 1 atom stereocenters. The maximum absolute atomic E-state index is 6.29. The Kier molecular flexibility index (Phi) is 8.54. The molecule has 1 N–H and O–H groups in total. The first-order valence-electron chi connectivity index (χ1n) is 11.0. The highest BCUT2D eigenvalue weighted by Gasteiger charge is 2.25. The van der Waals surface area contributed by atoms with Gasteiger partial charge in [-0.2, -0.15) is 0 Å². The van der Waals surface area contributed by atoms with Crippen molar-refractivity contribution in [2.75, 3.05) is 19.0 Å². The average Bonchev–Trinajstić information content (AvgIpc) is 2.66. The van der Waals surface area contributed by atoms with Crippen molar-refractivity contribution in [1.82, 2.24) is 4.98 Å². The van der Waals surface area contributed by atoms with Crippen molar-refractivity contribution in [2.24, 2.45) is 0 Å². The molecule has 1 aromatic carbocycles. The van der Waals surface area contributed by atoms with Gasteiger partial charge in [-0.15, -0.1) is 0 Å². The lowest BCUT2D eigenvalue weighted by Crippen LogP contribution is -2.33. The number of ether oxygens (including phenoxy) is 2. The van der Waals surface area contributed by atoms with Crippen molar-refractivity contribution in [3.05, 3.63) is 40.6 Å². The molecule has 5 nitrogen and oxygen atoms in total. The standard InChI is InChI=1S/C25H39N2O3Si/c1-11-20(15-29-31(10)25(6,7)8)27-21-14-19(5)26-24(23(21)28-9)30-22-17(3)12-16(2)13-18(22)4/h12-14,20H,11,15H2,1-10H3,(H,26,27). The first kappa shape index (κ1) is 25.2. The molecule has 2 rings (SSSR count). The van der Waals surface area contributed by atoms with E-state index in [1.807, 2.05) is 13.0 Å². The molecule has 0 amide bonds. The number of anilines is 1. The second kappa shape index (κ2) is 10.5. The van der Waals surface area contributed by atoms with Crippen molar-refractivity contribution in [1.29, 1.82) is 0 Å². The van der Waals surface area contributed by atoms with E-state index < -0.39 is 9.04 Å². The largest absolute Gasteiger partial charge is 0.490 e. The van der Waals surface area contributed by atoms with E-state index in [1.165, 1.54) is 5.56 Å². The Labute approximate surface area is 190 Å². The number of hydrogen-bond donors (Lipinski definition) is 1. The minimum atomic E-state index is -0.894. The lowest BCUT2D eigenvalue weighted by atomic mass is 10.1. The fraction of sp³-hybridized carbons (Fsp3) is 0.560. The van der Waals surface area contributed by atoms with Gasteiger partial charge in [-0.05, 0) is 62.9 Å². The SMILES string of the molecule is CCC(CO[Si](C)C(C)(C)C)Nc1cc(C)nc(Oc2c(C)cc(C)cc2C)c1OC. The molecule has 1 unspecified atom stereocenters. The summed E-state index contributed by atoms with van der Waals surface area (Å²) in [4.78, 5) is 4.63. The first-order valence-corrected chi connectivity index (χ1v) is 12.9. The van der Waals surface area contributed by atoms with Gasteiger partial charge in [0.25, 0.3) is 5.88 Å². The zero-order chi connectivity index (χ0) is 23.3.